The van der Waals surface area contributed by atoms with E-state index in [0.717, 1.165) is 5.56 Å². The van der Waals surface area contributed by atoms with E-state index in [2.05, 4.69) is 0 Å². The van der Waals surface area contributed by atoms with E-state index >= 15 is 0 Å². The van der Waals surface area contributed by atoms with Gasteiger partial charge in [0, 0.05) is 38.6 Å². The highest BCUT2D eigenvalue weighted by molar-refractivity contribution is 7.89. The van der Waals surface area contributed by atoms with Crippen molar-refractivity contribution in [3.05, 3.63) is 66.2 Å². The largest absolute Gasteiger partial charge is 0.466 e. The first-order valence-corrected chi connectivity index (χ1v) is 15.0. The molecule has 3 rings (SSSR count). The Hall–Kier alpha value is -3.24. The van der Waals surface area contributed by atoms with Crippen LogP contribution in [0.3, 0.4) is 0 Å². The second-order valence-electron chi connectivity index (χ2n) is 9.58. The molecule has 0 spiro atoms. The van der Waals surface area contributed by atoms with E-state index in [1.807, 2.05) is 37.3 Å². The molecule has 1 aliphatic heterocycles. The molecule has 9 nitrogen and oxygen atoms in total. The molecule has 2 aromatic carbocycles. The van der Waals surface area contributed by atoms with Crippen LogP contribution in [0.1, 0.15) is 51.5 Å². The molecule has 10 heteroatoms. The monoisotopic (exact) mass is 557 g/mol. The van der Waals surface area contributed by atoms with Crippen molar-refractivity contribution in [2.75, 3.05) is 32.8 Å². The summed E-state index contributed by atoms with van der Waals surface area (Å²) in [7, 11) is -3.84. The number of carbonyl (C=O) groups is 3. The number of nitrogens with zero attached hydrogens (tertiary/aromatic N) is 3. The fraction of sp³-hybridized carbons (Fsp3) is 0.483. The topological polar surface area (TPSA) is 104 Å². The molecular formula is C29H39N3O6S. The summed E-state index contributed by atoms with van der Waals surface area (Å²) in [4.78, 5) is 41.7. The minimum atomic E-state index is -3.84. The first-order chi connectivity index (χ1) is 18.8. The van der Waals surface area contributed by atoms with Gasteiger partial charge in [0.15, 0.2) is 0 Å². The number of carbonyl (C=O) groups excluding carboxylic acids is 3. The summed E-state index contributed by atoms with van der Waals surface area (Å²) in [6, 6.07) is 17.6. The third-order valence-corrected chi connectivity index (χ3v) is 8.65. The minimum Gasteiger partial charge on any atom is -0.466 e. The molecule has 0 radical (unpaired) electrons. The number of amides is 2. The van der Waals surface area contributed by atoms with E-state index in [1.165, 1.54) is 4.31 Å². The average Bonchev–Trinajstić information content (AvgIpc) is 2.95. The number of ether oxygens (including phenoxy) is 1. The van der Waals surface area contributed by atoms with Crippen LogP contribution in [0.25, 0.3) is 0 Å². The highest BCUT2D eigenvalue weighted by Gasteiger charge is 2.33. The molecule has 2 aromatic rings. The minimum absolute atomic E-state index is 0.0500. The van der Waals surface area contributed by atoms with Crippen LogP contribution in [-0.2, 0) is 35.7 Å². The Balaban J connectivity index is 1.72. The number of rotatable bonds is 13. The summed E-state index contributed by atoms with van der Waals surface area (Å²) in [5.74, 6) is -0.758. The van der Waals surface area contributed by atoms with Crippen LogP contribution in [0.4, 0.5) is 0 Å². The fourth-order valence-corrected chi connectivity index (χ4v) is 6.25. The predicted molar refractivity (Wildman–Crippen MR) is 148 cm³/mol. The molecule has 1 aliphatic rings. The van der Waals surface area contributed by atoms with Crippen molar-refractivity contribution in [2.45, 2.75) is 63.4 Å². The highest BCUT2D eigenvalue weighted by Crippen LogP contribution is 2.22. The van der Waals surface area contributed by atoms with Crippen molar-refractivity contribution < 1.29 is 27.5 Å². The van der Waals surface area contributed by atoms with Gasteiger partial charge in [-0.15, -0.1) is 0 Å². The molecular weight excluding hydrogens is 518 g/mol. The molecule has 0 bridgehead atoms. The normalized spacial score (nSPS) is 14.3. The molecule has 0 unspecified atom stereocenters. The zero-order chi connectivity index (χ0) is 28.3. The van der Waals surface area contributed by atoms with Gasteiger partial charge in [-0.25, -0.2) is 8.42 Å². The Morgan fingerprint density at radius 3 is 2.13 bits per heavy atom. The molecule has 0 N–H and O–H groups in total. The second-order valence-corrected chi connectivity index (χ2v) is 11.5. The third kappa shape index (κ3) is 8.63. The summed E-state index contributed by atoms with van der Waals surface area (Å²) in [6.45, 7) is 5.16. The number of esters is 1. The van der Waals surface area contributed by atoms with Gasteiger partial charge in [0.1, 0.15) is 0 Å². The van der Waals surface area contributed by atoms with E-state index in [9.17, 15) is 22.8 Å². The first kappa shape index (κ1) is 30.3. The smallest absolute Gasteiger partial charge is 0.306 e. The maximum Gasteiger partial charge on any atom is 0.306 e. The van der Waals surface area contributed by atoms with E-state index in [4.69, 9.17) is 4.74 Å². The zero-order valence-electron chi connectivity index (χ0n) is 22.8. The van der Waals surface area contributed by atoms with Crippen LogP contribution in [0, 0.1) is 0 Å². The van der Waals surface area contributed by atoms with E-state index in [0.29, 0.717) is 38.9 Å². The van der Waals surface area contributed by atoms with Gasteiger partial charge >= 0.3 is 5.97 Å². The van der Waals surface area contributed by atoms with Gasteiger partial charge in [0.2, 0.25) is 21.8 Å². The van der Waals surface area contributed by atoms with Crippen molar-refractivity contribution in [1.82, 2.24) is 14.1 Å². The van der Waals surface area contributed by atoms with Crippen molar-refractivity contribution in [1.29, 1.82) is 0 Å². The van der Waals surface area contributed by atoms with Crippen molar-refractivity contribution in [2.24, 2.45) is 0 Å². The Labute approximate surface area is 231 Å². The quantitative estimate of drug-likeness (QED) is 0.350. The summed E-state index contributed by atoms with van der Waals surface area (Å²) in [5.41, 5.74) is 0.951. The maximum atomic E-state index is 13.8. The molecule has 1 fully saturated rings. The van der Waals surface area contributed by atoms with E-state index in [-0.39, 0.29) is 61.3 Å². The van der Waals surface area contributed by atoms with Gasteiger partial charge in [-0.05, 0) is 43.9 Å². The molecule has 0 aliphatic carbocycles. The predicted octanol–water partition coefficient (Wildman–Crippen LogP) is 3.45. The molecule has 0 saturated carbocycles. The summed E-state index contributed by atoms with van der Waals surface area (Å²) >= 11 is 0. The van der Waals surface area contributed by atoms with Crippen LogP contribution in [0.15, 0.2) is 65.6 Å². The fourth-order valence-electron chi connectivity index (χ4n) is 4.75. The number of benzene rings is 2. The van der Waals surface area contributed by atoms with Crippen LogP contribution in [0.2, 0.25) is 0 Å². The Morgan fingerprint density at radius 2 is 1.54 bits per heavy atom. The van der Waals surface area contributed by atoms with Crippen LogP contribution in [0.5, 0.6) is 0 Å². The van der Waals surface area contributed by atoms with E-state index in [1.54, 1.807) is 47.1 Å². The number of hydrogen-bond donors (Lipinski definition) is 0. The van der Waals surface area contributed by atoms with Crippen LogP contribution < -0.4 is 0 Å². The lowest BCUT2D eigenvalue weighted by Gasteiger charge is -2.39. The Kier molecular flexibility index (Phi) is 11.5. The van der Waals surface area contributed by atoms with Gasteiger partial charge in [-0.3, -0.25) is 14.4 Å². The summed E-state index contributed by atoms with van der Waals surface area (Å²) in [5, 5.41) is 0. The lowest BCUT2D eigenvalue weighted by atomic mass is 10.0. The van der Waals surface area contributed by atoms with E-state index < -0.39 is 10.0 Å². The number of piperidine rings is 1. The van der Waals surface area contributed by atoms with Gasteiger partial charge < -0.3 is 14.5 Å². The number of likely N-dealkylation sites (tertiary alicyclic amines) is 1. The van der Waals surface area contributed by atoms with Gasteiger partial charge in [-0.2, -0.15) is 4.31 Å². The lowest BCUT2D eigenvalue weighted by molar-refractivity contribution is -0.146. The second kappa shape index (κ2) is 14.8. The first-order valence-electron chi connectivity index (χ1n) is 13.6. The van der Waals surface area contributed by atoms with Crippen molar-refractivity contribution in [3.8, 4) is 0 Å². The molecule has 39 heavy (non-hydrogen) atoms. The molecule has 0 atom stereocenters. The molecule has 0 aromatic heterocycles. The summed E-state index contributed by atoms with van der Waals surface area (Å²) in [6.07, 6.45) is 1.87. The van der Waals surface area contributed by atoms with Crippen molar-refractivity contribution in [3.63, 3.8) is 0 Å². The average molecular weight is 558 g/mol. The van der Waals surface area contributed by atoms with Gasteiger partial charge in [0.25, 0.3) is 0 Å². The Morgan fingerprint density at radius 1 is 0.923 bits per heavy atom. The van der Waals surface area contributed by atoms with Crippen molar-refractivity contribution >= 4 is 27.8 Å². The maximum absolute atomic E-state index is 13.8. The van der Waals surface area contributed by atoms with Gasteiger partial charge in [-0.1, -0.05) is 55.5 Å². The zero-order valence-corrected chi connectivity index (χ0v) is 23.6. The third-order valence-electron chi connectivity index (χ3n) is 6.79. The van der Waals surface area contributed by atoms with Crippen LogP contribution in [-0.4, -0.2) is 79.1 Å². The van der Waals surface area contributed by atoms with Gasteiger partial charge in [0.05, 0.1) is 24.5 Å². The number of sulfonamides is 1. The Bertz CT molecular complexity index is 1180. The SMILES string of the molecule is CCCN(CC(=O)N(Cc1ccccc1)C1CCN(C(=O)CCC(=O)OCC)CC1)S(=O)(=O)c1ccccc1. The summed E-state index contributed by atoms with van der Waals surface area (Å²) < 4.78 is 32.9. The molecule has 212 valence electrons. The molecule has 1 saturated heterocycles. The highest BCUT2D eigenvalue weighted by atomic mass is 32.2. The standard InChI is InChI=1S/C29H39N3O6S/c1-3-19-31(39(36,37)26-13-9-6-10-14-26)23-28(34)32(22-24-11-7-5-8-12-24)25-17-20-30(21-18-25)27(33)15-16-29(35)38-4-2/h5-14,25H,3-4,15-23H2,1-2H3. The lowest BCUT2D eigenvalue weighted by Crippen LogP contribution is -2.51. The molecule has 2 amide bonds. The number of hydrogen-bond acceptors (Lipinski definition) is 6. The van der Waals surface area contributed by atoms with Crippen LogP contribution >= 0.6 is 0 Å². The molecule has 1 heterocycles.